The number of rotatable bonds is 7. The summed E-state index contributed by atoms with van der Waals surface area (Å²) in [6, 6.07) is 9.09. The summed E-state index contributed by atoms with van der Waals surface area (Å²) in [5.41, 5.74) is 1.76. The molecule has 0 radical (unpaired) electrons. The Morgan fingerprint density at radius 2 is 1.81 bits per heavy atom. The molecule has 2 nitrogen and oxygen atoms in total. The summed E-state index contributed by atoms with van der Waals surface area (Å²) < 4.78 is 5.82. The van der Waals surface area contributed by atoms with Crippen LogP contribution in [0, 0.1) is 11.3 Å². The van der Waals surface area contributed by atoms with Gasteiger partial charge in [0.05, 0.1) is 6.10 Å². The number of nitrogens with one attached hydrogen (secondary N) is 1. The Kier molecular flexibility index (Phi) is 5.32. The van der Waals surface area contributed by atoms with Crippen molar-refractivity contribution in [1.82, 2.24) is 5.32 Å². The summed E-state index contributed by atoms with van der Waals surface area (Å²) in [6.07, 6.45) is 5.34. The second kappa shape index (κ2) is 6.83. The third-order valence-electron chi connectivity index (χ3n) is 4.06. The molecule has 1 fully saturated rings. The molecule has 21 heavy (non-hydrogen) atoms. The minimum Gasteiger partial charge on any atom is -0.490 e. The Balaban J connectivity index is 1.92. The zero-order valence-electron chi connectivity index (χ0n) is 14.3. The van der Waals surface area contributed by atoms with Gasteiger partial charge in [0.25, 0.3) is 0 Å². The SMILES string of the molecule is CNC(CC(C)CC(C)(C)C)c1ccc(OC2CC2)cc1. The van der Waals surface area contributed by atoms with Crippen LogP contribution < -0.4 is 10.1 Å². The number of benzene rings is 1. The van der Waals surface area contributed by atoms with Crippen molar-refractivity contribution in [2.45, 2.75) is 65.5 Å². The quantitative estimate of drug-likeness (QED) is 0.766. The lowest BCUT2D eigenvalue weighted by Crippen LogP contribution is -2.21. The molecule has 1 aromatic rings. The highest BCUT2D eigenvalue weighted by molar-refractivity contribution is 5.29. The Morgan fingerprint density at radius 3 is 2.29 bits per heavy atom. The third-order valence-corrected chi connectivity index (χ3v) is 4.06. The zero-order valence-corrected chi connectivity index (χ0v) is 14.3. The topological polar surface area (TPSA) is 21.3 Å². The fraction of sp³-hybridized carbons (Fsp3) is 0.684. The molecule has 0 saturated heterocycles. The predicted molar refractivity (Wildman–Crippen MR) is 89.7 cm³/mol. The largest absolute Gasteiger partial charge is 0.490 e. The normalized spacial score (nSPS) is 18.3. The molecule has 0 amide bonds. The highest BCUT2D eigenvalue weighted by Crippen LogP contribution is 2.32. The lowest BCUT2D eigenvalue weighted by molar-refractivity contribution is 0.278. The van der Waals surface area contributed by atoms with E-state index >= 15 is 0 Å². The second-order valence-corrected chi connectivity index (χ2v) is 7.83. The smallest absolute Gasteiger partial charge is 0.119 e. The van der Waals surface area contributed by atoms with Crippen LogP contribution in [0.25, 0.3) is 0 Å². The van der Waals surface area contributed by atoms with Gasteiger partial charge in [-0.05, 0) is 61.8 Å². The van der Waals surface area contributed by atoms with E-state index in [0.29, 0.717) is 23.5 Å². The maximum Gasteiger partial charge on any atom is 0.119 e. The van der Waals surface area contributed by atoms with Crippen LogP contribution in [0.5, 0.6) is 5.75 Å². The Bertz CT molecular complexity index is 428. The molecule has 1 aliphatic rings. The fourth-order valence-corrected chi connectivity index (χ4v) is 3.11. The van der Waals surface area contributed by atoms with Crippen LogP contribution in [0.2, 0.25) is 0 Å². The maximum atomic E-state index is 5.82. The first-order valence-electron chi connectivity index (χ1n) is 8.31. The van der Waals surface area contributed by atoms with Gasteiger partial charge in [0, 0.05) is 6.04 Å². The molecule has 1 aromatic carbocycles. The molecule has 2 rings (SSSR count). The first kappa shape index (κ1) is 16.4. The van der Waals surface area contributed by atoms with Gasteiger partial charge in [0.15, 0.2) is 0 Å². The summed E-state index contributed by atoms with van der Waals surface area (Å²) in [5.74, 6) is 1.73. The van der Waals surface area contributed by atoms with Gasteiger partial charge in [0.2, 0.25) is 0 Å². The van der Waals surface area contributed by atoms with Crippen molar-refractivity contribution in [3.8, 4) is 5.75 Å². The summed E-state index contributed by atoms with van der Waals surface area (Å²) in [4.78, 5) is 0. The van der Waals surface area contributed by atoms with Crippen molar-refractivity contribution in [1.29, 1.82) is 0 Å². The Labute approximate surface area is 130 Å². The molecule has 0 aromatic heterocycles. The maximum absolute atomic E-state index is 5.82. The molecule has 2 atom stereocenters. The number of hydrogen-bond donors (Lipinski definition) is 1. The highest BCUT2D eigenvalue weighted by Gasteiger charge is 2.23. The minimum atomic E-state index is 0.402. The van der Waals surface area contributed by atoms with Crippen molar-refractivity contribution in [2.75, 3.05) is 7.05 Å². The average molecular weight is 289 g/mol. The van der Waals surface area contributed by atoms with Crippen molar-refractivity contribution in [2.24, 2.45) is 11.3 Å². The van der Waals surface area contributed by atoms with Gasteiger partial charge in [-0.2, -0.15) is 0 Å². The van der Waals surface area contributed by atoms with E-state index in [4.69, 9.17) is 4.74 Å². The van der Waals surface area contributed by atoms with E-state index in [2.05, 4.69) is 64.3 Å². The molecule has 1 N–H and O–H groups in total. The van der Waals surface area contributed by atoms with Crippen LogP contribution in [0.1, 0.15) is 65.0 Å². The molecule has 2 unspecified atom stereocenters. The number of ether oxygens (including phenoxy) is 1. The van der Waals surface area contributed by atoms with Gasteiger partial charge in [-0.15, -0.1) is 0 Å². The molecule has 0 heterocycles. The van der Waals surface area contributed by atoms with Crippen LogP contribution in [-0.4, -0.2) is 13.2 Å². The molecule has 0 bridgehead atoms. The zero-order chi connectivity index (χ0) is 15.5. The number of hydrogen-bond acceptors (Lipinski definition) is 2. The molecule has 0 spiro atoms. The van der Waals surface area contributed by atoms with E-state index in [0.717, 1.165) is 5.75 Å². The van der Waals surface area contributed by atoms with Crippen molar-refractivity contribution >= 4 is 0 Å². The Morgan fingerprint density at radius 1 is 1.19 bits per heavy atom. The van der Waals surface area contributed by atoms with Gasteiger partial charge in [-0.25, -0.2) is 0 Å². The van der Waals surface area contributed by atoms with Crippen molar-refractivity contribution in [3.63, 3.8) is 0 Å². The predicted octanol–water partition coefficient (Wildman–Crippen LogP) is 4.95. The molecular weight excluding hydrogens is 258 g/mol. The average Bonchev–Trinajstić information content (AvgIpc) is 3.19. The van der Waals surface area contributed by atoms with Gasteiger partial charge >= 0.3 is 0 Å². The molecule has 2 heteroatoms. The van der Waals surface area contributed by atoms with Gasteiger partial charge < -0.3 is 10.1 Å². The van der Waals surface area contributed by atoms with Gasteiger partial charge in [0.1, 0.15) is 5.75 Å². The van der Waals surface area contributed by atoms with E-state index in [1.54, 1.807) is 0 Å². The summed E-state index contributed by atoms with van der Waals surface area (Å²) >= 11 is 0. The Hall–Kier alpha value is -1.02. The first-order valence-corrected chi connectivity index (χ1v) is 8.31. The fourth-order valence-electron chi connectivity index (χ4n) is 3.11. The van der Waals surface area contributed by atoms with Crippen LogP contribution in [0.15, 0.2) is 24.3 Å². The van der Waals surface area contributed by atoms with E-state index < -0.39 is 0 Å². The summed E-state index contributed by atoms with van der Waals surface area (Å²) in [6.45, 7) is 9.33. The van der Waals surface area contributed by atoms with Crippen LogP contribution in [0.4, 0.5) is 0 Å². The molecule has 1 saturated carbocycles. The molecule has 118 valence electrons. The van der Waals surface area contributed by atoms with E-state index in [-0.39, 0.29) is 0 Å². The van der Waals surface area contributed by atoms with E-state index in [1.807, 2.05) is 0 Å². The van der Waals surface area contributed by atoms with Gasteiger partial charge in [-0.1, -0.05) is 39.8 Å². The lowest BCUT2D eigenvalue weighted by atomic mass is 9.82. The van der Waals surface area contributed by atoms with Crippen LogP contribution >= 0.6 is 0 Å². The van der Waals surface area contributed by atoms with Crippen LogP contribution in [-0.2, 0) is 0 Å². The van der Waals surface area contributed by atoms with E-state index in [9.17, 15) is 0 Å². The standard InChI is InChI=1S/C19H31NO/c1-14(13-19(2,3)4)12-18(20-5)15-6-8-16(9-7-15)21-17-10-11-17/h6-9,14,17-18,20H,10-13H2,1-5H3. The molecular formula is C19H31NO. The third kappa shape index (κ3) is 5.70. The summed E-state index contributed by atoms with van der Waals surface area (Å²) in [5, 5.41) is 3.47. The molecule has 0 aliphatic heterocycles. The second-order valence-electron chi connectivity index (χ2n) is 7.83. The van der Waals surface area contributed by atoms with Gasteiger partial charge in [-0.3, -0.25) is 0 Å². The van der Waals surface area contributed by atoms with Crippen molar-refractivity contribution in [3.05, 3.63) is 29.8 Å². The highest BCUT2D eigenvalue weighted by atomic mass is 16.5. The first-order chi connectivity index (χ1) is 9.87. The van der Waals surface area contributed by atoms with Crippen LogP contribution in [0.3, 0.4) is 0 Å². The molecule has 1 aliphatic carbocycles. The van der Waals surface area contributed by atoms with E-state index in [1.165, 1.54) is 31.2 Å². The monoisotopic (exact) mass is 289 g/mol. The summed E-state index contributed by atoms with van der Waals surface area (Å²) in [7, 11) is 2.06. The lowest BCUT2D eigenvalue weighted by Gasteiger charge is -2.27. The van der Waals surface area contributed by atoms with Crippen molar-refractivity contribution < 1.29 is 4.74 Å². The minimum absolute atomic E-state index is 0.402.